The molecule has 0 aliphatic rings. The quantitative estimate of drug-likeness (QED) is 0.443. The van der Waals surface area contributed by atoms with Gasteiger partial charge >= 0.3 is 5.97 Å². The van der Waals surface area contributed by atoms with Crippen molar-refractivity contribution in [3.63, 3.8) is 0 Å². The molecule has 0 spiro atoms. The fourth-order valence-corrected chi connectivity index (χ4v) is 2.16. The van der Waals surface area contributed by atoms with Gasteiger partial charge in [0.25, 0.3) is 5.56 Å². The zero-order valence-electron chi connectivity index (χ0n) is 10.6. The number of hydrogen-bond acceptors (Lipinski definition) is 6. The van der Waals surface area contributed by atoms with Gasteiger partial charge in [-0.2, -0.15) is 0 Å². The Bertz CT molecular complexity index is 463. The lowest BCUT2D eigenvalue weighted by Gasteiger charge is -2.25. The van der Waals surface area contributed by atoms with Crippen LogP contribution in [0.4, 0.5) is 0 Å². The Kier molecular flexibility index (Phi) is 5.36. The number of likely N-dealkylation sites (N-methyl/N-ethyl adjacent to an activating group) is 1. The Labute approximate surface area is 110 Å². The lowest BCUT2D eigenvalue weighted by Crippen LogP contribution is -2.50. The maximum absolute atomic E-state index is 11.8. The molecule has 0 saturated carbocycles. The van der Waals surface area contributed by atoms with Crippen molar-refractivity contribution in [2.45, 2.75) is 24.5 Å². The third-order valence-corrected chi connectivity index (χ3v) is 3.63. The first-order valence-electron chi connectivity index (χ1n) is 5.56. The van der Waals surface area contributed by atoms with E-state index in [1.165, 1.54) is 24.0 Å². The molecular formula is C11H17N3O3S. The van der Waals surface area contributed by atoms with Crippen molar-refractivity contribution in [2.24, 2.45) is 0 Å². The van der Waals surface area contributed by atoms with Crippen LogP contribution in [0.5, 0.6) is 0 Å². The maximum atomic E-state index is 11.8. The van der Waals surface area contributed by atoms with Crippen LogP contribution in [0, 0.1) is 0 Å². The first-order valence-corrected chi connectivity index (χ1v) is 6.54. The van der Waals surface area contributed by atoms with Gasteiger partial charge in [0.1, 0.15) is 5.54 Å². The van der Waals surface area contributed by atoms with E-state index in [1.807, 2.05) is 0 Å². The highest BCUT2D eigenvalue weighted by Gasteiger charge is 2.33. The van der Waals surface area contributed by atoms with Crippen molar-refractivity contribution in [1.29, 1.82) is 0 Å². The summed E-state index contributed by atoms with van der Waals surface area (Å²) in [6.45, 7) is 3.84. The smallest absolute Gasteiger partial charge is 0.326 e. The summed E-state index contributed by atoms with van der Waals surface area (Å²) in [5, 5.41) is 3.41. The Morgan fingerprint density at radius 2 is 2.39 bits per heavy atom. The van der Waals surface area contributed by atoms with E-state index in [1.54, 1.807) is 20.9 Å². The standard InChI is InChI=1S/C11H17N3O3S/c1-4-17-9(16)11(2,12-3)7-18-10-13-6-5-8(15)14-10/h5-6,12H,4,7H2,1-3H3,(H,13,14,15). The molecule has 0 saturated heterocycles. The second-order valence-corrected chi connectivity index (χ2v) is 4.79. The van der Waals surface area contributed by atoms with Crippen LogP contribution in [0.15, 0.2) is 22.2 Å². The van der Waals surface area contributed by atoms with Gasteiger partial charge in [-0.05, 0) is 20.9 Å². The molecule has 0 bridgehead atoms. The average Bonchev–Trinajstić information content (AvgIpc) is 2.36. The van der Waals surface area contributed by atoms with Crippen LogP contribution in [-0.4, -0.2) is 40.9 Å². The number of carbonyl (C=O) groups excluding carboxylic acids is 1. The molecule has 7 heteroatoms. The van der Waals surface area contributed by atoms with Gasteiger partial charge in [0.15, 0.2) is 5.16 Å². The van der Waals surface area contributed by atoms with Crippen LogP contribution >= 0.6 is 11.8 Å². The lowest BCUT2D eigenvalue weighted by molar-refractivity contribution is -0.149. The number of H-pyrrole nitrogens is 1. The number of nitrogens with zero attached hydrogens (tertiary/aromatic N) is 1. The number of rotatable bonds is 6. The Morgan fingerprint density at radius 3 is 2.94 bits per heavy atom. The molecular weight excluding hydrogens is 254 g/mol. The number of thioether (sulfide) groups is 1. The number of ether oxygens (including phenoxy) is 1. The molecule has 1 unspecified atom stereocenters. The molecule has 1 rings (SSSR count). The van der Waals surface area contributed by atoms with Gasteiger partial charge in [-0.1, -0.05) is 11.8 Å². The van der Waals surface area contributed by atoms with Gasteiger partial charge in [0, 0.05) is 18.0 Å². The minimum Gasteiger partial charge on any atom is -0.465 e. The van der Waals surface area contributed by atoms with Crippen molar-refractivity contribution < 1.29 is 9.53 Å². The molecule has 6 nitrogen and oxygen atoms in total. The number of hydrogen-bond donors (Lipinski definition) is 2. The van der Waals surface area contributed by atoms with E-state index >= 15 is 0 Å². The summed E-state index contributed by atoms with van der Waals surface area (Å²) < 4.78 is 5.00. The lowest BCUT2D eigenvalue weighted by atomic mass is 10.1. The number of aromatic nitrogens is 2. The summed E-state index contributed by atoms with van der Waals surface area (Å²) in [5.41, 5.74) is -1.02. The van der Waals surface area contributed by atoms with Crippen molar-refractivity contribution in [1.82, 2.24) is 15.3 Å². The SMILES string of the molecule is CCOC(=O)C(C)(CSc1nccc(=O)[nH]1)NC. The molecule has 18 heavy (non-hydrogen) atoms. The van der Waals surface area contributed by atoms with Gasteiger partial charge in [0.05, 0.1) is 6.61 Å². The highest BCUT2D eigenvalue weighted by atomic mass is 32.2. The molecule has 1 aromatic heterocycles. The van der Waals surface area contributed by atoms with Crippen molar-refractivity contribution >= 4 is 17.7 Å². The van der Waals surface area contributed by atoms with Gasteiger partial charge in [0.2, 0.25) is 0 Å². The van der Waals surface area contributed by atoms with Crippen LogP contribution in [0.2, 0.25) is 0 Å². The van der Waals surface area contributed by atoms with E-state index in [2.05, 4.69) is 15.3 Å². The zero-order valence-corrected chi connectivity index (χ0v) is 11.5. The van der Waals surface area contributed by atoms with Crippen LogP contribution in [0.25, 0.3) is 0 Å². The molecule has 0 amide bonds. The van der Waals surface area contributed by atoms with E-state index in [0.717, 1.165) is 0 Å². The number of nitrogens with one attached hydrogen (secondary N) is 2. The Balaban J connectivity index is 2.69. The van der Waals surface area contributed by atoms with E-state index in [4.69, 9.17) is 4.74 Å². The summed E-state index contributed by atoms with van der Waals surface area (Å²) in [5.74, 6) is 0.0910. The molecule has 2 N–H and O–H groups in total. The Hall–Kier alpha value is -1.34. The van der Waals surface area contributed by atoms with Crippen LogP contribution < -0.4 is 10.9 Å². The molecule has 1 aromatic rings. The van der Waals surface area contributed by atoms with Crippen molar-refractivity contribution in [3.05, 3.63) is 22.6 Å². The average molecular weight is 271 g/mol. The van der Waals surface area contributed by atoms with Gasteiger partial charge < -0.3 is 15.0 Å². The topological polar surface area (TPSA) is 84.1 Å². The molecule has 100 valence electrons. The monoisotopic (exact) mass is 271 g/mol. The summed E-state index contributed by atoms with van der Waals surface area (Å²) in [7, 11) is 1.69. The highest BCUT2D eigenvalue weighted by Crippen LogP contribution is 2.19. The third-order valence-electron chi connectivity index (χ3n) is 2.42. The summed E-state index contributed by atoms with van der Waals surface area (Å²) >= 11 is 1.29. The molecule has 0 fully saturated rings. The first-order chi connectivity index (χ1) is 8.51. The number of esters is 1. The molecule has 0 aromatic carbocycles. The predicted octanol–water partition coefficient (Wildman–Crippen LogP) is 0.403. The second kappa shape index (κ2) is 6.55. The predicted molar refractivity (Wildman–Crippen MR) is 69.7 cm³/mol. The minimum absolute atomic E-state index is 0.213. The molecule has 1 heterocycles. The second-order valence-electron chi connectivity index (χ2n) is 3.83. The summed E-state index contributed by atoms with van der Waals surface area (Å²) in [6, 6.07) is 1.34. The number of aromatic amines is 1. The van der Waals surface area contributed by atoms with Crippen molar-refractivity contribution in [3.8, 4) is 0 Å². The molecule has 0 aliphatic heterocycles. The number of carbonyl (C=O) groups is 1. The van der Waals surface area contributed by atoms with Crippen LogP contribution in [0.3, 0.4) is 0 Å². The zero-order chi connectivity index (χ0) is 13.6. The van der Waals surface area contributed by atoms with Crippen LogP contribution in [-0.2, 0) is 9.53 Å². The Morgan fingerprint density at radius 1 is 1.67 bits per heavy atom. The van der Waals surface area contributed by atoms with Gasteiger partial charge in [-0.15, -0.1) is 0 Å². The fourth-order valence-electron chi connectivity index (χ4n) is 1.16. The van der Waals surface area contributed by atoms with E-state index in [9.17, 15) is 9.59 Å². The molecule has 0 aliphatic carbocycles. The van der Waals surface area contributed by atoms with E-state index < -0.39 is 5.54 Å². The first kappa shape index (κ1) is 14.7. The molecule has 1 atom stereocenters. The third kappa shape index (κ3) is 3.85. The largest absolute Gasteiger partial charge is 0.465 e. The normalized spacial score (nSPS) is 13.9. The maximum Gasteiger partial charge on any atom is 0.326 e. The summed E-state index contributed by atoms with van der Waals surface area (Å²) in [4.78, 5) is 29.5. The van der Waals surface area contributed by atoms with E-state index in [-0.39, 0.29) is 11.5 Å². The fraction of sp³-hybridized carbons (Fsp3) is 0.545. The minimum atomic E-state index is -0.810. The van der Waals surface area contributed by atoms with Gasteiger partial charge in [-0.25, -0.2) is 4.98 Å². The van der Waals surface area contributed by atoms with Gasteiger partial charge in [-0.3, -0.25) is 9.59 Å². The highest BCUT2D eigenvalue weighted by molar-refractivity contribution is 7.99. The van der Waals surface area contributed by atoms with E-state index in [0.29, 0.717) is 17.5 Å². The summed E-state index contributed by atoms with van der Waals surface area (Å²) in [6.07, 6.45) is 1.43. The van der Waals surface area contributed by atoms with Crippen LogP contribution in [0.1, 0.15) is 13.8 Å². The molecule has 0 radical (unpaired) electrons. The van der Waals surface area contributed by atoms with Crippen molar-refractivity contribution in [2.75, 3.05) is 19.4 Å².